The molecule has 0 bridgehead atoms. The van der Waals surface area contributed by atoms with E-state index in [1.807, 2.05) is 37.3 Å². The molecule has 1 aromatic rings. The minimum atomic E-state index is -0.141. The quantitative estimate of drug-likeness (QED) is 0.675. The van der Waals surface area contributed by atoms with Crippen molar-refractivity contribution < 1.29 is 9.53 Å². The summed E-state index contributed by atoms with van der Waals surface area (Å²) in [5, 5.41) is 0. The third-order valence-electron chi connectivity index (χ3n) is 3.44. The Morgan fingerprint density at radius 3 is 2.32 bits per heavy atom. The van der Waals surface area contributed by atoms with E-state index in [-0.39, 0.29) is 11.9 Å². The fourth-order valence-corrected chi connectivity index (χ4v) is 2.14. The Balaban J connectivity index is 2.47. The highest BCUT2D eigenvalue weighted by atomic mass is 16.5. The van der Waals surface area contributed by atoms with E-state index in [2.05, 4.69) is 18.7 Å². The van der Waals surface area contributed by atoms with Gasteiger partial charge in [-0.1, -0.05) is 51.1 Å². The van der Waals surface area contributed by atoms with Crippen LogP contribution in [0.3, 0.4) is 0 Å². The average molecular weight is 263 g/mol. The molecule has 0 aliphatic rings. The number of likely N-dealkylation sites (N-methyl/N-ethyl adjacent to an activating group) is 1. The van der Waals surface area contributed by atoms with Gasteiger partial charge in [0.05, 0.1) is 5.92 Å². The normalized spacial score (nSPS) is 12.4. The van der Waals surface area contributed by atoms with Crippen molar-refractivity contribution in [3.63, 3.8) is 0 Å². The van der Waals surface area contributed by atoms with Crippen molar-refractivity contribution in [1.29, 1.82) is 0 Å². The first-order chi connectivity index (χ1) is 9.22. The van der Waals surface area contributed by atoms with Crippen LogP contribution in [-0.4, -0.2) is 37.1 Å². The molecule has 0 amide bonds. The number of nitrogens with zero attached hydrogens (tertiary/aromatic N) is 1. The van der Waals surface area contributed by atoms with Crippen molar-refractivity contribution in [2.24, 2.45) is 0 Å². The van der Waals surface area contributed by atoms with Gasteiger partial charge < -0.3 is 9.64 Å². The minimum absolute atomic E-state index is 0.110. The zero-order chi connectivity index (χ0) is 14.1. The van der Waals surface area contributed by atoms with Crippen LogP contribution in [0.15, 0.2) is 30.3 Å². The highest BCUT2D eigenvalue weighted by Crippen LogP contribution is 2.20. The lowest BCUT2D eigenvalue weighted by atomic mass is 9.97. The zero-order valence-electron chi connectivity index (χ0n) is 12.3. The van der Waals surface area contributed by atoms with Crippen molar-refractivity contribution in [1.82, 2.24) is 4.90 Å². The van der Waals surface area contributed by atoms with E-state index in [1.165, 1.54) is 0 Å². The molecule has 19 heavy (non-hydrogen) atoms. The molecular weight excluding hydrogens is 238 g/mol. The van der Waals surface area contributed by atoms with Crippen LogP contribution in [-0.2, 0) is 9.53 Å². The highest BCUT2D eigenvalue weighted by Gasteiger charge is 2.19. The van der Waals surface area contributed by atoms with Gasteiger partial charge in [0.25, 0.3) is 0 Å². The molecule has 1 atom stereocenters. The Hall–Kier alpha value is -1.35. The summed E-state index contributed by atoms with van der Waals surface area (Å²) < 4.78 is 5.40. The number of hydrogen-bond donors (Lipinski definition) is 0. The number of hydrogen-bond acceptors (Lipinski definition) is 3. The van der Waals surface area contributed by atoms with Gasteiger partial charge in [0.1, 0.15) is 6.61 Å². The van der Waals surface area contributed by atoms with Gasteiger partial charge in [0.2, 0.25) is 0 Å². The van der Waals surface area contributed by atoms with Crippen molar-refractivity contribution in [3.05, 3.63) is 35.9 Å². The van der Waals surface area contributed by atoms with E-state index in [9.17, 15) is 4.79 Å². The van der Waals surface area contributed by atoms with Gasteiger partial charge in [0.15, 0.2) is 0 Å². The van der Waals surface area contributed by atoms with E-state index in [0.29, 0.717) is 6.61 Å². The van der Waals surface area contributed by atoms with Crippen LogP contribution in [0.2, 0.25) is 0 Å². The van der Waals surface area contributed by atoms with Crippen LogP contribution in [0.25, 0.3) is 0 Å². The van der Waals surface area contributed by atoms with Crippen molar-refractivity contribution in [2.75, 3.05) is 26.2 Å². The first kappa shape index (κ1) is 15.7. The molecule has 0 unspecified atom stereocenters. The largest absolute Gasteiger partial charge is 0.464 e. The summed E-state index contributed by atoms with van der Waals surface area (Å²) in [5.74, 6) is -0.251. The summed E-state index contributed by atoms with van der Waals surface area (Å²) in [7, 11) is 0. The van der Waals surface area contributed by atoms with Gasteiger partial charge in [-0.05, 0) is 25.1 Å². The van der Waals surface area contributed by atoms with E-state index in [4.69, 9.17) is 4.74 Å². The topological polar surface area (TPSA) is 29.5 Å². The summed E-state index contributed by atoms with van der Waals surface area (Å²) in [6.45, 7) is 9.51. The first-order valence-electron chi connectivity index (χ1n) is 7.16. The lowest BCUT2D eigenvalue weighted by molar-refractivity contribution is -0.146. The standard InChI is InChI=1S/C16H25NO2/c1-4-15(14-10-8-7-9-11-14)16(18)19-13-12-17(5-2)6-3/h7-11,15H,4-6,12-13H2,1-3H3/t15-/m0/s1. The van der Waals surface area contributed by atoms with E-state index < -0.39 is 0 Å². The number of benzene rings is 1. The molecule has 0 saturated heterocycles. The second kappa shape index (κ2) is 8.70. The molecule has 0 spiro atoms. The Labute approximate surface area is 116 Å². The third-order valence-corrected chi connectivity index (χ3v) is 3.44. The molecule has 0 heterocycles. The Bertz CT molecular complexity index is 360. The van der Waals surface area contributed by atoms with Crippen LogP contribution >= 0.6 is 0 Å². The smallest absolute Gasteiger partial charge is 0.313 e. The average Bonchev–Trinajstić information content (AvgIpc) is 2.45. The van der Waals surface area contributed by atoms with Gasteiger partial charge in [0, 0.05) is 6.54 Å². The molecule has 1 aromatic carbocycles. The first-order valence-corrected chi connectivity index (χ1v) is 7.16. The maximum atomic E-state index is 12.1. The molecule has 0 aromatic heterocycles. The Morgan fingerprint density at radius 1 is 1.16 bits per heavy atom. The lowest BCUT2D eigenvalue weighted by Crippen LogP contribution is -2.28. The number of esters is 1. The van der Waals surface area contributed by atoms with Gasteiger partial charge in [-0.15, -0.1) is 0 Å². The SMILES string of the molecule is CC[C@H](C(=O)OCCN(CC)CC)c1ccccc1. The Morgan fingerprint density at radius 2 is 1.79 bits per heavy atom. The van der Waals surface area contributed by atoms with E-state index in [1.54, 1.807) is 0 Å². The zero-order valence-corrected chi connectivity index (χ0v) is 12.3. The molecule has 0 fully saturated rings. The van der Waals surface area contributed by atoms with Crippen molar-refractivity contribution in [2.45, 2.75) is 33.1 Å². The van der Waals surface area contributed by atoms with Gasteiger partial charge >= 0.3 is 5.97 Å². The van der Waals surface area contributed by atoms with Gasteiger partial charge in [-0.2, -0.15) is 0 Å². The summed E-state index contributed by atoms with van der Waals surface area (Å²) >= 11 is 0. The molecule has 0 aliphatic heterocycles. The van der Waals surface area contributed by atoms with Crippen LogP contribution < -0.4 is 0 Å². The second-order valence-corrected chi connectivity index (χ2v) is 4.57. The molecule has 3 heteroatoms. The predicted octanol–water partition coefficient (Wildman–Crippen LogP) is 3.07. The molecule has 0 aliphatic carbocycles. The van der Waals surface area contributed by atoms with Crippen molar-refractivity contribution in [3.8, 4) is 0 Å². The Kier molecular flexibility index (Phi) is 7.19. The summed E-state index contributed by atoms with van der Waals surface area (Å²) in [4.78, 5) is 14.3. The second-order valence-electron chi connectivity index (χ2n) is 4.57. The highest BCUT2D eigenvalue weighted by molar-refractivity contribution is 5.78. The molecule has 3 nitrogen and oxygen atoms in total. The molecule has 1 rings (SSSR count). The lowest BCUT2D eigenvalue weighted by Gasteiger charge is -2.19. The fourth-order valence-electron chi connectivity index (χ4n) is 2.14. The monoisotopic (exact) mass is 263 g/mol. The number of ether oxygens (including phenoxy) is 1. The molecule has 0 radical (unpaired) electrons. The van der Waals surface area contributed by atoms with Crippen molar-refractivity contribution >= 4 is 5.97 Å². The number of carbonyl (C=O) groups excluding carboxylic acids is 1. The third kappa shape index (κ3) is 5.03. The minimum Gasteiger partial charge on any atom is -0.464 e. The van der Waals surface area contributed by atoms with E-state index in [0.717, 1.165) is 31.6 Å². The van der Waals surface area contributed by atoms with Crippen LogP contribution in [0, 0.1) is 0 Å². The number of rotatable bonds is 8. The van der Waals surface area contributed by atoms with Crippen LogP contribution in [0.4, 0.5) is 0 Å². The molecule has 106 valence electrons. The fraction of sp³-hybridized carbons (Fsp3) is 0.562. The van der Waals surface area contributed by atoms with Gasteiger partial charge in [-0.25, -0.2) is 0 Å². The molecular formula is C16H25NO2. The summed E-state index contributed by atoms with van der Waals surface area (Å²) in [6.07, 6.45) is 0.772. The maximum Gasteiger partial charge on any atom is 0.313 e. The number of carbonyl (C=O) groups is 1. The molecule has 0 N–H and O–H groups in total. The predicted molar refractivity (Wildman–Crippen MR) is 78.2 cm³/mol. The maximum absolute atomic E-state index is 12.1. The van der Waals surface area contributed by atoms with Gasteiger partial charge in [-0.3, -0.25) is 4.79 Å². The van der Waals surface area contributed by atoms with E-state index >= 15 is 0 Å². The van der Waals surface area contributed by atoms with Crippen LogP contribution in [0.1, 0.15) is 38.7 Å². The van der Waals surface area contributed by atoms with Crippen LogP contribution in [0.5, 0.6) is 0 Å². The molecule has 0 saturated carbocycles. The summed E-state index contributed by atoms with van der Waals surface area (Å²) in [5.41, 5.74) is 1.04. The summed E-state index contributed by atoms with van der Waals surface area (Å²) in [6, 6.07) is 9.85.